The van der Waals surface area contributed by atoms with Crippen LogP contribution in [0.15, 0.2) is 35.8 Å². The van der Waals surface area contributed by atoms with Crippen molar-refractivity contribution in [3.05, 3.63) is 46.4 Å². The van der Waals surface area contributed by atoms with E-state index in [4.69, 9.17) is 10.00 Å². The maximum absolute atomic E-state index is 11.9. The van der Waals surface area contributed by atoms with Crippen LogP contribution in [0.5, 0.6) is 5.75 Å². The third kappa shape index (κ3) is 4.29. The summed E-state index contributed by atoms with van der Waals surface area (Å²) in [7, 11) is 0. The molecule has 0 aliphatic heterocycles. The van der Waals surface area contributed by atoms with Crippen LogP contribution in [0.3, 0.4) is 0 Å². The number of carbonyl (C=O) groups is 1. The number of carbonyl (C=O) groups excluding carboxylic acids is 1. The normalized spacial score (nSPS) is 11.4. The number of amides is 1. The summed E-state index contributed by atoms with van der Waals surface area (Å²) in [4.78, 5) is 16.1. The molecule has 1 N–H and O–H groups in total. The lowest BCUT2D eigenvalue weighted by molar-refractivity contribution is -0.123. The number of thiazole rings is 1. The Kier molecular flexibility index (Phi) is 5.29. The van der Waals surface area contributed by atoms with Gasteiger partial charge in [0.25, 0.3) is 5.91 Å². The molecule has 1 unspecified atom stereocenters. The summed E-state index contributed by atoms with van der Waals surface area (Å²) in [5.74, 6) is 0.368. The lowest BCUT2D eigenvalue weighted by Gasteiger charge is -2.14. The van der Waals surface area contributed by atoms with Gasteiger partial charge in [0.2, 0.25) is 0 Å². The smallest absolute Gasteiger partial charge is 0.258 e. The zero-order valence-electron chi connectivity index (χ0n) is 11.6. The molecule has 1 aromatic heterocycles. The Morgan fingerprint density at radius 2 is 2.24 bits per heavy atom. The van der Waals surface area contributed by atoms with Crippen molar-refractivity contribution in [1.29, 1.82) is 5.26 Å². The number of rotatable bonds is 6. The minimum atomic E-state index is -0.193. The second-order valence-corrected chi connectivity index (χ2v) is 5.25. The molecule has 1 amide bonds. The Hall–Kier alpha value is -2.39. The van der Waals surface area contributed by atoms with Gasteiger partial charge in [0.1, 0.15) is 10.8 Å². The van der Waals surface area contributed by atoms with Gasteiger partial charge in [-0.1, -0.05) is 6.92 Å². The fourth-order valence-corrected chi connectivity index (χ4v) is 2.53. The van der Waals surface area contributed by atoms with Crippen molar-refractivity contribution >= 4 is 17.2 Å². The first kappa shape index (κ1) is 15.0. The first-order valence-corrected chi connectivity index (χ1v) is 7.42. The second-order valence-electron chi connectivity index (χ2n) is 4.32. The van der Waals surface area contributed by atoms with Gasteiger partial charge in [-0.2, -0.15) is 5.26 Å². The van der Waals surface area contributed by atoms with Crippen LogP contribution in [0.4, 0.5) is 0 Å². The average molecular weight is 301 g/mol. The first-order chi connectivity index (χ1) is 10.2. The largest absolute Gasteiger partial charge is 0.484 e. The first-order valence-electron chi connectivity index (χ1n) is 6.54. The van der Waals surface area contributed by atoms with Gasteiger partial charge < -0.3 is 10.1 Å². The van der Waals surface area contributed by atoms with E-state index in [1.165, 1.54) is 11.3 Å². The summed E-state index contributed by atoms with van der Waals surface area (Å²) >= 11 is 1.52. The lowest BCUT2D eigenvalue weighted by Crippen LogP contribution is -2.32. The van der Waals surface area contributed by atoms with Gasteiger partial charge in [-0.15, -0.1) is 11.3 Å². The summed E-state index contributed by atoms with van der Waals surface area (Å²) < 4.78 is 5.39. The van der Waals surface area contributed by atoms with Gasteiger partial charge in [0.05, 0.1) is 17.7 Å². The van der Waals surface area contributed by atoms with E-state index in [9.17, 15) is 4.79 Å². The number of hydrogen-bond acceptors (Lipinski definition) is 5. The number of nitriles is 1. The highest BCUT2D eigenvalue weighted by Crippen LogP contribution is 2.18. The molecule has 21 heavy (non-hydrogen) atoms. The highest BCUT2D eigenvalue weighted by Gasteiger charge is 2.15. The molecule has 0 aliphatic rings. The van der Waals surface area contributed by atoms with Crippen LogP contribution in [0.1, 0.15) is 30.0 Å². The maximum Gasteiger partial charge on any atom is 0.258 e. The van der Waals surface area contributed by atoms with Crippen molar-refractivity contribution in [2.24, 2.45) is 0 Å². The predicted molar refractivity (Wildman–Crippen MR) is 79.9 cm³/mol. The highest BCUT2D eigenvalue weighted by atomic mass is 32.1. The van der Waals surface area contributed by atoms with Crippen LogP contribution in [-0.4, -0.2) is 17.5 Å². The van der Waals surface area contributed by atoms with Gasteiger partial charge >= 0.3 is 0 Å². The summed E-state index contributed by atoms with van der Waals surface area (Å²) in [6.45, 7) is 1.93. The molecular formula is C15H15N3O2S. The van der Waals surface area contributed by atoms with E-state index in [1.54, 1.807) is 30.5 Å². The van der Waals surface area contributed by atoms with Crippen molar-refractivity contribution in [3.63, 3.8) is 0 Å². The molecule has 1 atom stereocenters. The van der Waals surface area contributed by atoms with E-state index in [1.807, 2.05) is 18.4 Å². The van der Waals surface area contributed by atoms with E-state index < -0.39 is 0 Å². The molecule has 1 heterocycles. The number of hydrogen-bond donors (Lipinski definition) is 1. The molecule has 0 saturated heterocycles. The Morgan fingerprint density at radius 1 is 1.48 bits per heavy atom. The maximum atomic E-state index is 11.9. The van der Waals surface area contributed by atoms with Crippen molar-refractivity contribution < 1.29 is 9.53 Å². The zero-order chi connectivity index (χ0) is 15.1. The third-order valence-electron chi connectivity index (χ3n) is 2.85. The molecule has 6 heteroatoms. The van der Waals surface area contributed by atoms with Gasteiger partial charge in [0.15, 0.2) is 6.61 Å². The number of nitrogens with zero attached hydrogens (tertiary/aromatic N) is 2. The molecule has 2 aromatic rings. The number of aromatic nitrogens is 1. The van der Waals surface area contributed by atoms with Crippen LogP contribution < -0.4 is 10.1 Å². The van der Waals surface area contributed by atoms with Crippen LogP contribution in [-0.2, 0) is 4.79 Å². The van der Waals surface area contributed by atoms with Crippen LogP contribution >= 0.6 is 11.3 Å². The predicted octanol–water partition coefficient (Wildman–Crippen LogP) is 2.66. The van der Waals surface area contributed by atoms with E-state index in [-0.39, 0.29) is 18.6 Å². The van der Waals surface area contributed by atoms with Crippen molar-refractivity contribution in [1.82, 2.24) is 10.3 Å². The molecule has 0 radical (unpaired) electrons. The molecule has 5 nitrogen and oxygen atoms in total. The molecule has 108 valence electrons. The number of benzene rings is 1. The Labute approximate surface area is 127 Å². The monoisotopic (exact) mass is 301 g/mol. The van der Waals surface area contributed by atoms with E-state index in [0.717, 1.165) is 11.4 Å². The number of ether oxygens (including phenoxy) is 1. The van der Waals surface area contributed by atoms with E-state index in [2.05, 4.69) is 10.3 Å². The van der Waals surface area contributed by atoms with Crippen molar-refractivity contribution in [2.75, 3.05) is 6.61 Å². The quantitative estimate of drug-likeness (QED) is 0.890. The zero-order valence-corrected chi connectivity index (χ0v) is 12.4. The topological polar surface area (TPSA) is 75.0 Å². The summed E-state index contributed by atoms with van der Waals surface area (Å²) in [6.07, 6.45) is 2.50. The molecule has 2 rings (SSSR count). The van der Waals surface area contributed by atoms with Crippen LogP contribution in [0, 0.1) is 11.3 Å². The van der Waals surface area contributed by atoms with Gasteiger partial charge in [0, 0.05) is 11.6 Å². The molecule has 1 aromatic carbocycles. The van der Waals surface area contributed by atoms with Crippen LogP contribution in [0.25, 0.3) is 0 Å². The summed E-state index contributed by atoms with van der Waals surface area (Å²) in [5.41, 5.74) is 0.557. The molecule has 0 aliphatic carbocycles. The fraction of sp³-hybridized carbons (Fsp3) is 0.267. The lowest BCUT2D eigenvalue weighted by atomic mass is 10.2. The minimum Gasteiger partial charge on any atom is -0.484 e. The van der Waals surface area contributed by atoms with Crippen molar-refractivity contribution in [2.45, 2.75) is 19.4 Å². The Bertz CT molecular complexity index is 617. The highest BCUT2D eigenvalue weighted by molar-refractivity contribution is 7.09. The van der Waals surface area contributed by atoms with E-state index >= 15 is 0 Å². The average Bonchev–Trinajstić information content (AvgIpc) is 3.05. The van der Waals surface area contributed by atoms with E-state index in [0.29, 0.717) is 11.3 Å². The van der Waals surface area contributed by atoms with Gasteiger partial charge in [-0.25, -0.2) is 4.98 Å². The summed E-state index contributed by atoms with van der Waals surface area (Å²) in [6, 6.07) is 8.59. The molecule has 0 spiro atoms. The van der Waals surface area contributed by atoms with Crippen LogP contribution in [0.2, 0.25) is 0 Å². The van der Waals surface area contributed by atoms with Gasteiger partial charge in [-0.3, -0.25) is 4.79 Å². The fourth-order valence-electron chi connectivity index (χ4n) is 1.76. The molecular weight excluding hydrogens is 286 g/mol. The Balaban J connectivity index is 1.85. The SMILES string of the molecule is CCC(NC(=O)COc1ccc(C#N)cc1)c1nccs1. The van der Waals surface area contributed by atoms with Crippen molar-refractivity contribution in [3.8, 4) is 11.8 Å². The van der Waals surface area contributed by atoms with Gasteiger partial charge in [-0.05, 0) is 30.7 Å². The molecule has 0 saturated carbocycles. The molecule has 0 bridgehead atoms. The second kappa shape index (κ2) is 7.41. The molecule has 0 fully saturated rings. The standard InChI is InChI=1S/C15H15N3O2S/c1-2-13(15-17-7-8-21-15)18-14(19)10-20-12-5-3-11(9-16)4-6-12/h3-8,13H,2,10H2,1H3,(H,18,19). The minimum absolute atomic E-state index is 0.0617. The Morgan fingerprint density at radius 3 is 2.81 bits per heavy atom. The summed E-state index contributed by atoms with van der Waals surface area (Å²) in [5, 5.41) is 14.4. The number of nitrogens with one attached hydrogen (secondary N) is 1. The third-order valence-corrected chi connectivity index (χ3v) is 3.74.